The monoisotopic (exact) mass is 281 g/mol. The molecule has 0 bridgehead atoms. The van der Waals surface area contributed by atoms with E-state index in [2.05, 4.69) is 49.2 Å². The van der Waals surface area contributed by atoms with Crippen molar-refractivity contribution in [1.29, 1.82) is 0 Å². The highest BCUT2D eigenvalue weighted by atomic mass is 35.5. The fourth-order valence-electron chi connectivity index (χ4n) is 2.57. The molecule has 0 N–H and O–H groups in total. The standard InChI is InChI=1S/C18H16ClN/c1-12(2)15-11-20-18-14(9-6-10-16(18)19)17(15)13-7-4-3-5-8-13/h3-12H,1-2H3. The summed E-state index contributed by atoms with van der Waals surface area (Å²) < 4.78 is 0. The summed E-state index contributed by atoms with van der Waals surface area (Å²) in [5.74, 6) is 0.418. The number of nitrogens with zero attached hydrogens (tertiary/aromatic N) is 1. The van der Waals surface area contributed by atoms with E-state index in [9.17, 15) is 0 Å². The van der Waals surface area contributed by atoms with Gasteiger partial charge < -0.3 is 0 Å². The average Bonchev–Trinajstić information content (AvgIpc) is 2.47. The van der Waals surface area contributed by atoms with Crippen LogP contribution in [0, 0.1) is 0 Å². The Morgan fingerprint density at radius 2 is 1.70 bits per heavy atom. The summed E-state index contributed by atoms with van der Waals surface area (Å²) in [4.78, 5) is 4.56. The van der Waals surface area contributed by atoms with Gasteiger partial charge in [0, 0.05) is 11.6 Å². The molecular formula is C18H16ClN. The maximum atomic E-state index is 6.29. The number of hydrogen-bond donors (Lipinski definition) is 0. The highest BCUT2D eigenvalue weighted by Crippen LogP contribution is 2.36. The number of aromatic nitrogens is 1. The van der Waals surface area contributed by atoms with E-state index in [0.29, 0.717) is 10.9 Å². The molecule has 1 aromatic heterocycles. The van der Waals surface area contributed by atoms with Gasteiger partial charge >= 0.3 is 0 Å². The van der Waals surface area contributed by atoms with E-state index in [-0.39, 0.29) is 0 Å². The van der Waals surface area contributed by atoms with Gasteiger partial charge in [0.1, 0.15) is 0 Å². The summed E-state index contributed by atoms with van der Waals surface area (Å²) in [5, 5.41) is 1.82. The fourth-order valence-corrected chi connectivity index (χ4v) is 2.79. The van der Waals surface area contributed by atoms with Crippen LogP contribution in [0.5, 0.6) is 0 Å². The van der Waals surface area contributed by atoms with E-state index in [1.54, 1.807) is 0 Å². The number of benzene rings is 2. The molecule has 0 fully saturated rings. The molecule has 0 spiro atoms. The van der Waals surface area contributed by atoms with Crippen molar-refractivity contribution in [3.63, 3.8) is 0 Å². The third-order valence-electron chi connectivity index (χ3n) is 3.56. The summed E-state index contributed by atoms with van der Waals surface area (Å²) in [6.07, 6.45) is 1.96. The Morgan fingerprint density at radius 1 is 0.950 bits per heavy atom. The number of rotatable bonds is 2. The molecule has 3 aromatic rings. The van der Waals surface area contributed by atoms with Crippen LogP contribution in [0.4, 0.5) is 0 Å². The molecule has 0 aliphatic carbocycles. The fraction of sp³-hybridized carbons (Fsp3) is 0.167. The van der Waals surface area contributed by atoms with Crippen LogP contribution in [0.15, 0.2) is 54.7 Å². The minimum Gasteiger partial charge on any atom is -0.254 e. The maximum Gasteiger partial charge on any atom is 0.0894 e. The first-order valence-corrected chi connectivity index (χ1v) is 7.19. The van der Waals surface area contributed by atoms with Gasteiger partial charge in [-0.05, 0) is 28.7 Å². The molecule has 0 atom stereocenters. The lowest BCUT2D eigenvalue weighted by Gasteiger charge is -2.16. The van der Waals surface area contributed by atoms with Crippen molar-refractivity contribution < 1.29 is 0 Å². The number of halogens is 1. The molecule has 0 unspecified atom stereocenters. The van der Waals surface area contributed by atoms with Crippen LogP contribution in [-0.2, 0) is 0 Å². The first-order chi connectivity index (χ1) is 9.68. The molecule has 0 radical (unpaired) electrons. The molecule has 3 rings (SSSR count). The van der Waals surface area contributed by atoms with Gasteiger partial charge in [-0.2, -0.15) is 0 Å². The van der Waals surface area contributed by atoms with E-state index in [1.165, 1.54) is 16.7 Å². The van der Waals surface area contributed by atoms with E-state index >= 15 is 0 Å². The summed E-state index contributed by atoms with van der Waals surface area (Å²) in [7, 11) is 0. The van der Waals surface area contributed by atoms with Gasteiger partial charge in [-0.15, -0.1) is 0 Å². The van der Waals surface area contributed by atoms with E-state index in [1.807, 2.05) is 24.4 Å². The predicted molar refractivity (Wildman–Crippen MR) is 86.3 cm³/mol. The SMILES string of the molecule is CC(C)c1cnc2c(Cl)cccc2c1-c1ccccc1. The molecular weight excluding hydrogens is 266 g/mol. The van der Waals surface area contributed by atoms with Gasteiger partial charge in [-0.3, -0.25) is 4.98 Å². The first kappa shape index (κ1) is 13.1. The topological polar surface area (TPSA) is 12.9 Å². The Morgan fingerprint density at radius 3 is 2.40 bits per heavy atom. The molecule has 1 nitrogen and oxygen atoms in total. The van der Waals surface area contributed by atoms with Crippen molar-refractivity contribution in [2.24, 2.45) is 0 Å². The van der Waals surface area contributed by atoms with Gasteiger partial charge in [-0.25, -0.2) is 0 Å². The third-order valence-corrected chi connectivity index (χ3v) is 3.87. The molecule has 100 valence electrons. The number of fused-ring (bicyclic) bond motifs is 1. The van der Waals surface area contributed by atoms with Crippen LogP contribution in [0.25, 0.3) is 22.0 Å². The second-order valence-electron chi connectivity index (χ2n) is 5.25. The molecule has 2 aromatic carbocycles. The Kier molecular flexibility index (Phi) is 3.45. The lowest BCUT2D eigenvalue weighted by Crippen LogP contribution is -1.96. The molecule has 1 heterocycles. The normalized spacial score (nSPS) is 11.2. The first-order valence-electron chi connectivity index (χ1n) is 6.81. The molecule has 0 saturated heterocycles. The Hall–Kier alpha value is -1.86. The summed E-state index contributed by atoms with van der Waals surface area (Å²) in [5.41, 5.74) is 4.59. The zero-order valence-corrected chi connectivity index (χ0v) is 12.4. The van der Waals surface area contributed by atoms with Crippen LogP contribution in [0.2, 0.25) is 5.02 Å². The Balaban J connectivity index is 2.42. The zero-order valence-electron chi connectivity index (χ0n) is 11.6. The maximum absolute atomic E-state index is 6.29. The molecule has 0 aliphatic heterocycles. The van der Waals surface area contributed by atoms with Crippen LogP contribution in [0.1, 0.15) is 25.3 Å². The second kappa shape index (κ2) is 5.26. The van der Waals surface area contributed by atoms with E-state index in [4.69, 9.17) is 11.6 Å². The number of hydrogen-bond acceptors (Lipinski definition) is 1. The Labute approximate surface area is 124 Å². The van der Waals surface area contributed by atoms with Crippen LogP contribution in [0.3, 0.4) is 0 Å². The van der Waals surface area contributed by atoms with E-state index in [0.717, 1.165) is 10.9 Å². The lowest BCUT2D eigenvalue weighted by molar-refractivity contribution is 0.864. The molecule has 0 amide bonds. The third kappa shape index (κ3) is 2.19. The molecule has 20 heavy (non-hydrogen) atoms. The lowest BCUT2D eigenvalue weighted by atomic mass is 9.91. The molecule has 0 saturated carbocycles. The van der Waals surface area contributed by atoms with Crippen molar-refractivity contribution in [2.45, 2.75) is 19.8 Å². The van der Waals surface area contributed by atoms with Crippen molar-refractivity contribution in [3.05, 3.63) is 65.3 Å². The zero-order chi connectivity index (χ0) is 14.1. The van der Waals surface area contributed by atoms with Gasteiger partial charge in [-0.1, -0.05) is 67.9 Å². The minimum absolute atomic E-state index is 0.418. The molecule has 2 heteroatoms. The number of para-hydroxylation sites is 1. The predicted octanol–water partition coefficient (Wildman–Crippen LogP) is 5.68. The van der Waals surface area contributed by atoms with Crippen molar-refractivity contribution >= 4 is 22.5 Å². The minimum atomic E-state index is 0.418. The van der Waals surface area contributed by atoms with Crippen LogP contribution in [-0.4, -0.2) is 4.98 Å². The van der Waals surface area contributed by atoms with Crippen LogP contribution < -0.4 is 0 Å². The highest BCUT2D eigenvalue weighted by molar-refractivity contribution is 6.35. The summed E-state index contributed by atoms with van der Waals surface area (Å²) in [6.45, 7) is 4.39. The van der Waals surface area contributed by atoms with Gasteiger partial charge in [0.15, 0.2) is 0 Å². The van der Waals surface area contributed by atoms with Crippen LogP contribution >= 0.6 is 11.6 Å². The Bertz CT molecular complexity index is 748. The summed E-state index contributed by atoms with van der Waals surface area (Å²) in [6, 6.07) is 16.4. The summed E-state index contributed by atoms with van der Waals surface area (Å²) >= 11 is 6.29. The average molecular weight is 282 g/mol. The van der Waals surface area contributed by atoms with Crippen molar-refractivity contribution in [3.8, 4) is 11.1 Å². The van der Waals surface area contributed by atoms with Gasteiger partial charge in [0.2, 0.25) is 0 Å². The molecule has 0 aliphatic rings. The quantitative estimate of drug-likeness (QED) is 0.589. The second-order valence-corrected chi connectivity index (χ2v) is 5.65. The largest absolute Gasteiger partial charge is 0.254 e. The van der Waals surface area contributed by atoms with Crippen molar-refractivity contribution in [2.75, 3.05) is 0 Å². The smallest absolute Gasteiger partial charge is 0.0894 e. The highest BCUT2D eigenvalue weighted by Gasteiger charge is 2.14. The van der Waals surface area contributed by atoms with Gasteiger partial charge in [0.05, 0.1) is 10.5 Å². The van der Waals surface area contributed by atoms with Gasteiger partial charge in [0.25, 0.3) is 0 Å². The number of pyridine rings is 1. The van der Waals surface area contributed by atoms with E-state index < -0.39 is 0 Å². The van der Waals surface area contributed by atoms with Crippen molar-refractivity contribution in [1.82, 2.24) is 4.98 Å².